The molecule has 1 unspecified atom stereocenters. The minimum atomic E-state index is -0.733. The Morgan fingerprint density at radius 3 is 2.89 bits per heavy atom. The van der Waals surface area contributed by atoms with E-state index in [1.165, 1.54) is 7.11 Å². The van der Waals surface area contributed by atoms with Crippen molar-refractivity contribution in [2.24, 2.45) is 5.73 Å². The zero-order chi connectivity index (χ0) is 14.3. The van der Waals surface area contributed by atoms with Crippen LogP contribution in [0.15, 0.2) is 18.2 Å². The highest BCUT2D eigenvalue weighted by Gasteiger charge is 2.15. The van der Waals surface area contributed by atoms with E-state index in [9.17, 15) is 4.79 Å². The number of anilines is 1. The Bertz CT molecular complexity index is 426. The first-order chi connectivity index (χ1) is 9.08. The van der Waals surface area contributed by atoms with Crippen molar-refractivity contribution in [2.45, 2.75) is 19.4 Å². The molecule has 0 aliphatic rings. The Labute approximate surface area is 118 Å². The van der Waals surface area contributed by atoms with E-state index in [0.29, 0.717) is 23.1 Å². The lowest BCUT2D eigenvalue weighted by molar-refractivity contribution is -0.118. The molecule has 0 aromatic heterocycles. The van der Waals surface area contributed by atoms with Crippen LogP contribution in [0.3, 0.4) is 0 Å². The van der Waals surface area contributed by atoms with E-state index in [2.05, 4.69) is 5.32 Å². The maximum atomic E-state index is 11.8. The highest BCUT2D eigenvalue weighted by atomic mass is 35.5. The standard InChI is InChI=1S/C13H19ClN2O3/c1-3-6-19-12-5-4-9(14)7-11(12)16-13(17)10(15)8-18-2/h4-5,7,10H,3,6,8,15H2,1-2H3,(H,16,17). The summed E-state index contributed by atoms with van der Waals surface area (Å²) in [5.74, 6) is 0.231. The number of hydrogen-bond donors (Lipinski definition) is 2. The zero-order valence-electron chi connectivity index (χ0n) is 11.1. The van der Waals surface area contributed by atoms with Crippen molar-refractivity contribution < 1.29 is 14.3 Å². The number of carbonyl (C=O) groups excluding carboxylic acids is 1. The molecule has 6 heteroatoms. The third kappa shape index (κ3) is 5.06. The van der Waals surface area contributed by atoms with Crippen LogP contribution in [0.5, 0.6) is 5.75 Å². The van der Waals surface area contributed by atoms with Gasteiger partial charge < -0.3 is 20.5 Å². The average Bonchev–Trinajstić information content (AvgIpc) is 2.38. The van der Waals surface area contributed by atoms with Crippen LogP contribution < -0.4 is 15.8 Å². The van der Waals surface area contributed by atoms with Crippen molar-refractivity contribution in [3.05, 3.63) is 23.2 Å². The number of amides is 1. The smallest absolute Gasteiger partial charge is 0.243 e. The molecule has 5 nitrogen and oxygen atoms in total. The van der Waals surface area contributed by atoms with E-state index in [-0.39, 0.29) is 12.5 Å². The van der Waals surface area contributed by atoms with Gasteiger partial charge in [-0.15, -0.1) is 0 Å². The van der Waals surface area contributed by atoms with Crippen molar-refractivity contribution in [2.75, 3.05) is 25.6 Å². The largest absolute Gasteiger partial charge is 0.491 e. The molecule has 0 aliphatic carbocycles. The molecule has 0 bridgehead atoms. The molecule has 1 aromatic rings. The Balaban J connectivity index is 2.79. The van der Waals surface area contributed by atoms with Crippen LogP contribution in [-0.4, -0.2) is 32.3 Å². The third-order valence-corrected chi connectivity index (χ3v) is 2.58. The molecule has 19 heavy (non-hydrogen) atoms. The van der Waals surface area contributed by atoms with Crippen molar-refractivity contribution >= 4 is 23.2 Å². The second kappa shape index (κ2) is 7.99. The summed E-state index contributed by atoms with van der Waals surface area (Å²) in [6.45, 7) is 2.72. The zero-order valence-corrected chi connectivity index (χ0v) is 11.9. The number of benzene rings is 1. The van der Waals surface area contributed by atoms with Gasteiger partial charge in [0.05, 0.1) is 18.9 Å². The first-order valence-corrected chi connectivity index (χ1v) is 6.44. The van der Waals surface area contributed by atoms with Gasteiger partial charge in [-0.25, -0.2) is 0 Å². The third-order valence-electron chi connectivity index (χ3n) is 2.34. The quantitative estimate of drug-likeness (QED) is 0.804. The topological polar surface area (TPSA) is 73.6 Å². The van der Waals surface area contributed by atoms with Crippen LogP contribution in [0, 0.1) is 0 Å². The number of ether oxygens (including phenoxy) is 2. The molecule has 0 radical (unpaired) electrons. The van der Waals surface area contributed by atoms with Crippen LogP contribution in [0.25, 0.3) is 0 Å². The van der Waals surface area contributed by atoms with Gasteiger partial charge in [0, 0.05) is 12.1 Å². The van der Waals surface area contributed by atoms with Gasteiger partial charge in [0.25, 0.3) is 0 Å². The molecule has 1 aromatic carbocycles. The molecule has 0 spiro atoms. The van der Waals surface area contributed by atoms with Gasteiger partial charge in [-0.3, -0.25) is 4.79 Å². The first kappa shape index (κ1) is 15.8. The van der Waals surface area contributed by atoms with Crippen molar-refractivity contribution in [3.8, 4) is 5.75 Å². The summed E-state index contributed by atoms with van der Waals surface area (Å²) in [4.78, 5) is 11.8. The van der Waals surface area contributed by atoms with E-state index in [1.54, 1.807) is 18.2 Å². The molecular formula is C13H19ClN2O3. The molecule has 0 fully saturated rings. The average molecular weight is 287 g/mol. The molecule has 1 atom stereocenters. The van der Waals surface area contributed by atoms with Crippen molar-refractivity contribution in [1.29, 1.82) is 0 Å². The summed E-state index contributed by atoms with van der Waals surface area (Å²) < 4.78 is 10.4. The van der Waals surface area contributed by atoms with Gasteiger partial charge in [-0.2, -0.15) is 0 Å². The maximum absolute atomic E-state index is 11.8. The number of carbonyl (C=O) groups is 1. The summed E-state index contributed by atoms with van der Waals surface area (Å²) in [5.41, 5.74) is 6.16. The molecule has 0 saturated carbocycles. The summed E-state index contributed by atoms with van der Waals surface area (Å²) in [7, 11) is 1.49. The fourth-order valence-corrected chi connectivity index (χ4v) is 1.59. The van der Waals surface area contributed by atoms with Gasteiger partial charge in [-0.05, 0) is 24.6 Å². The predicted octanol–water partition coefficient (Wildman–Crippen LogP) is 2.04. The Kier molecular flexibility index (Phi) is 6.62. The van der Waals surface area contributed by atoms with Crippen LogP contribution in [0.2, 0.25) is 5.02 Å². The van der Waals surface area contributed by atoms with Crippen LogP contribution >= 0.6 is 11.6 Å². The minimum absolute atomic E-state index is 0.150. The van der Waals surface area contributed by atoms with E-state index < -0.39 is 6.04 Å². The van der Waals surface area contributed by atoms with Gasteiger partial charge in [-0.1, -0.05) is 18.5 Å². The highest BCUT2D eigenvalue weighted by molar-refractivity contribution is 6.31. The first-order valence-electron chi connectivity index (χ1n) is 6.06. The van der Waals surface area contributed by atoms with Crippen LogP contribution in [-0.2, 0) is 9.53 Å². The van der Waals surface area contributed by atoms with Gasteiger partial charge in [0.1, 0.15) is 11.8 Å². The molecule has 106 valence electrons. The number of hydrogen-bond acceptors (Lipinski definition) is 4. The van der Waals surface area contributed by atoms with Crippen molar-refractivity contribution in [3.63, 3.8) is 0 Å². The molecule has 1 amide bonds. The van der Waals surface area contributed by atoms with Gasteiger partial charge in [0.15, 0.2) is 0 Å². The Morgan fingerprint density at radius 1 is 1.53 bits per heavy atom. The van der Waals surface area contributed by atoms with E-state index in [0.717, 1.165) is 6.42 Å². The SMILES string of the molecule is CCCOc1ccc(Cl)cc1NC(=O)C(N)COC. The number of methoxy groups -OCH3 is 1. The molecule has 0 heterocycles. The number of rotatable bonds is 7. The minimum Gasteiger partial charge on any atom is -0.491 e. The Morgan fingerprint density at radius 2 is 2.26 bits per heavy atom. The van der Waals surface area contributed by atoms with Gasteiger partial charge in [0.2, 0.25) is 5.91 Å². The number of nitrogens with two attached hydrogens (primary N) is 1. The second-order valence-corrected chi connectivity index (χ2v) is 4.48. The monoisotopic (exact) mass is 286 g/mol. The lowest BCUT2D eigenvalue weighted by atomic mass is 10.2. The van der Waals surface area contributed by atoms with Gasteiger partial charge >= 0.3 is 0 Å². The summed E-state index contributed by atoms with van der Waals surface area (Å²) in [5, 5.41) is 3.20. The normalized spacial score (nSPS) is 12.0. The van der Waals surface area contributed by atoms with E-state index in [4.69, 9.17) is 26.8 Å². The lowest BCUT2D eigenvalue weighted by Gasteiger charge is -2.15. The predicted molar refractivity (Wildman–Crippen MR) is 75.7 cm³/mol. The number of nitrogens with one attached hydrogen (secondary N) is 1. The van der Waals surface area contributed by atoms with Crippen molar-refractivity contribution in [1.82, 2.24) is 0 Å². The molecule has 1 rings (SSSR count). The fraction of sp³-hybridized carbons (Fsp3) is 0.462. The number of halogens is 1. The van der Waals surface area contributed by atoms with E-state index in [1.807, 2.05) is 6.92 Å². The second-order valence-electron chi connectivity index (χ2n) is 4.04. The summed E-state index contributed by atoms with van der Waals surface area (Å²) in [6.07, 6.45) is 0.874. The maximum Gasteiger partial charge on any atom is 0.243 e. The Hall–Kier alpha value is -1.30. The summed E-state index contributed by atoms with van der Waals surface area (Å²) in [6, 6.07) is 4.32. The van der Waals surface area contributed by atoms with E-state index >= 15 is 0 Å². The fourth-order valence-electron chi connectivity index (χ4n) is 1.42. The molecular weight excluding hydrogens is 268 g/mol. The molecule has 0 aliphatic heterocycles. The highest BCUT2D eigenvalue weighted by Crippen LogP contribution is 2.28. The van der Waals surface area contributed by atoms with Crippen LogP contribution in [0.1, 0.15) is 13.3 Å². The lowest BCUT2D eigenvalue weighted by Crippen LogP contribution is -2.39. The molecule has 3 N–H and O–H groups in total. The molecule has 0 saturated heterocycles. The van der Waals surface area contributed by atoms with Crippen LogP contribution in [0.4, 0.5) is 5.69 Å². The summed E-state index contributed by atoms with van der Waals surface area (Å²) >= 11 is 5.91.